The van der Waals surface area contributed by atoms with Crippen molar-refractivity contribution in [1.82, 2.24) is 5.43 Å². The molecular formula is C16H10ClN3O4. The lowest BCUT2D eigenvalue weighted by molar-refractivity contribution is -0.385. The number of para-hydroxylation sites is 1. The van der Waals surface area contributed by atoms with Gasteiger partial charge in [-0.1, -0.05) is 23.7 Å². The van der Waals surface area contributed by atoms with Crippen molar-refractivity contribution < 1.29 is 14.5 Å². The molecule has 1 saturated heterocycles. The van der Waals surface area contributed by atoms with Gasteiger partial charge < -0.3 is 0 Å². The highest BCUT2D eigenvalue weighted by Crippen LogP contribution is 2.25. The first-order valence-corrected chi connectivity index (χ1v) is 7.21. The number of rotatable bonds is 3. The van der Waals surface area contributed by atoms with Gasteiger partial charge in [0.2, 0.25) is 0 Å². The molecule has 8 heteroatoms. The average molecular weight is 344 g/mol. The summed E-state index contributed by atoms with van der Waals surface area (Å²) >= 11 is 5.80. The number of nitro groups is 1. The molecule has 1 aliphatic rings. The summed E-state index contributed by atoms with van der Waals surface area (Å²) in [5.41, 5.74) is 2.67. The molecule has 1 N–H and O–H groups in total. The summed E-state index contributed by atoms with van der Waals surface area (Å²) in [4.78, 5) is 35.0. The number of carbonyl (C=O) groups is 2. The molecule has 1 fully saturated rings. The van der Waals surface area contributed by atoms with Gasteiger partial charge in [0.15, 0.2) is 0 Å². The molecule has 120 valence electrons. The molecule has 0 unspecified atom stereocenters. The summed E-state index contributed by atoms with van der Waals surface area (Å²) in [6.45, 7) is 0. The molecule has 0 spiro atoms. The largest absolute Gasteiger partial charge is 0.282 e. The van der Waals surface area contributed by atoms with E-state index >= 15 is 0 Å². The monoisotopic (exact) mass is 343 g/mol. The number of hydrogen-bond donors (Lipinski definition) is 1. The van der Waals surface area contributed by atoms with Crippen LogP contribution in [0.3, 0.4) is 0 Å². The second-order valence-corrected chi connectivity index (χ2v) is 5.37. The summed E-state index contributed by atoms with van der Waals surface area (Å²) in [5.74, 6) is -1.23. The lowest BCUT2D eigenvalue weighted by Crippen LogP contribution is -2.35. The van der Waals surface area contributed by atoms with Crippen LogP contribution in [0.15, 0.2) is 54.1 Å². The van der Waals surface area contributed by atoms with Crippen molar-refractivity contribution in [3.8, 4) is 0 Å². The van der Waals surface area contributed by atoms with Crippen LogP contribution in [0.4, 0.5) is 11.4 Å². The molecule has 24 heavy (non-hydrogen) atoms. The zero-order valence-electron chi connectivity index (χ0n) is 12.1. The van der Waals surface area contributed by atoms with E-state index in [1.54, 1.807) is 30.3 Å². The van der Waals surface area contributed by atoms with E-state index in [1.807, 2.05) is 0 Å². The van der Waals surface area contributed by atoms with Crippen LogP contribution in [0.5, 0.6) is 0 Å². The van der Waals surface area contributed by atoms with E-state index in [-0.39, 0.29) is 16.8 Å². The maximum atomic E-state index is 12.5. The molecule has 2 amide bonds. The third-order valence-corrected chi connectivity index (χ3v) is 3.66. The summed E-state index contributed by atoms with van der Waals surface area (Å²) in [7, 11) is 0. The van der Waals surface area contributed by atoms with Gasteiger partial charge in [-0.05, 0) is 36.4 Å². The number of carbonyl (C=O) groups excluding carboxylic acids is 2. The van der Waals surface area contributed by atoms with E-state index in [0.29, 0.717) is 10.7 Å². The lowest BCUT2D eigenvalue weighted by Gasteiger charge is -2.14. The summed E-state index contributed by atoms with van der Waals surface area (Å²) in [6, 6.07) is 12.2. The number of anilines is 1. The van der Waals surface area contributed by atoms with E-state index in [0.717, 1.165) is 5.01 Å². The highest BCUT2D eigenvalue weighted by atomic mass is 35.5. The predicted molar refractivity (Wildman–Crippen MR) is 88.2 cm³/mol. The highest BCUT2D eigenvalue weighted by molar-refractivity contribution is 6.32. The number of hydrazine groups is 1. The van der Waals surface area contributed by atoms with Crippen LogP contribution in [0, 0.1) is 10.1 Å². The van der Waals surface area contributed by atoms with Crippen LogP contribution in [0.2, 0.25) is 5.02 Å². The van der Waals surface area contributed by atoms with Gasteiger partial charge in [-0.15, -0.1) is 0 Å². The third-order valence-electron chi connectivity index (χ3n) is 3.41. The molecule has 2 aromatic carbocycles. The van der Waals surface area contributed by atoms with Crippen LogP contribution in [0.1, 0.15) is 5.56 Å². The molecule has 1 heterocycles. The number of nitrogens with one attached hydrogen (secondary N) is 1. The van der Waals surface area contributed by atoms with Crippen molar-refractivity contribution in [1.29, 1.82) is 0 Å². The molecular weight excluding hydrogens is 334 g/mol. The Morgan fingerprint density at radius 1 is 1.08 bits per heavy atom. The maximum absolute atomic E-state index is 12.5. The number of halogens is 1. The van der Waals surface area contributed by atoms with E-state index in [1.165, 1.54) is 24.3 Å². The fourth-order valence-electron chi connectivity index (χ4n) is 2.26. The summed E-state index contributed by atoms with van der Waals surface area (Å²) in [5, 5.41) is 12.6. The Labute approximate surface area is 141 Å². The predicted octanol–water partition coefficient (Wildman–Crippen LogP) is 2.71. The second kappa shape index (κ2) is 6.13. The van der Waals surface area contributed by atoms with Gasteiger partial charge in [0.1, 0.15) is 5.57 Å². The van der Waals surface area contributed by atoms with Gasteiger partial charge in [0.05, 0.1) is 16.2 Å². The van der Waals surface area contributed by atoms with Crippen molar-refractivity contribution in [2.24, 2.45) is 0 Å². The Bertz CT molecular complexity index is 877. The number of amides is 2. The van der Waals surface area contributed by atoms with Gasteiger partial charge in [-0.3, -0.25) is 25.1 Å². The Hall–Kier alpha value is -3.19. The smallest absolute Gasteiger partial charge is 0.267 e. The SMILES string of the molecule is O=C1NN(c2ccc(Cl)cc2)C(=O)/C1=C\c1ccccc1[N+](=O)[O-]. The van der Waals surface area contributed by atoms with Crippen molar-refractivity contribution in [3.63, 3.8) is 0 Å². The minimum absolute atomic E-state index is 0.180. The van der Waals surface area contributed by atoms with Gasteiger partial charge in [-0.25, -0.2) is 5.01 Å². The zero-order valence-corrected chi connectivity index (χ0v) is 12.9. The Morgan fingerprint density at radius 3 is 2.42 bits per heavy atom. The highest BCUT2D eigenvalue weighted by Gasteiger charge is 2.34. The Kier molecular flexibility index (Phi) is 4.01. The Morgan fingerprint density at radius 2 is 1.75 bits per heavy atom. The van der Waals surface area contributed by atoms with Gasteiger partial charge in [-0.2, -0.15) is 0 Å². The summed E-state index contributed by atoms with van der Waals surface area (Å²) < 4.78 is 0. The fourth-order valence-corrected chi connectivity index (χ4v) is 2.39. The van der Waals surface area contributed by atoms with Gasteiger partial charge in [0, 0.05) is 11.1 Å². The van der Waals surface area contributed by atoms with Gasteiger partial charge in [0.25, 0.3) is 17.5 Å². The van der Waals surface area contributed by atoms with E-state index < -0.39 is 16.7 Å². The molecule has 3 rings (SSSR count). The maximum Gasteiger partial charge on any atom is 0.282 e. The number of benzene rings is 2. The van der Waals surface area contributed by atoms with Crippen molar-refractivity contribution in [2.45, 2.75) is 0 Å². The fraction of sp³-hybridized carbons (Fsp3) is 0. The van der Waals surface area contributed by atoms with Crippen molar-refractivity contribution in [3.05, 3.63) is 74.8 Å². The second-order valence-electron chi connectivity index (χ2n) is 4.93. The molecule has 0 aliphatic carbocycles. The van der Waals surface area contributed by atoms with Crippen LogP contribution in [-0.4, -0.2) is 16.7 Å². The number of nitrogens with zero attached hydrogens (tertiary/aromatic N) is 2. The molecule has 0 radical (unpaired) electrons. The normalized spacial score (nSPS) is 15.7. The van der Waals surface area contributed by atoms with Crippen molar-refractivity contribution in [2.75, 3.05) is 5.01 Å². The minimum atomic E-state index is -0.631. The van der Waals surface area contributed by atoms with Crippen LogP contribution in [0.25, 0.3) is 6.08 Å². The molecule has 0 bridgehead atoms. The van der Waals surface area contributed by atoms with Crippen LogP contribution in [-0.2, 0) is 9.59 Å². The Balaban J connectivity index is 1.98. The quantitative estimate of drug-likeness (QED) is 0.401. The molecule has 1 aliphatic heterocycles. The number of nitro benzene ring substituents is 1. The summed E-state index contributed by atoms with van der Waals surface area (Å²) in [6.07, 6.45) is 1.21. The average Bonchev–Trinajstić information content (AvgIpc) is 2.84. The molecule has 7 nitrogen and oxygen atoms in total. The number of hydrogen-bond acceptors (Lipinski definition) is 4. The van der Waals surface area contributed by atoms with E-state index in [9.17, 15) is 19.7 Å². The zero-order chi connectivity index (χ0) is 17.3. The molecule has 0 saturated carbocycles. The molecule has 2 aromatic rings. The lowest BCUT2D eigenvalue weighted by atomic mass is 10.1. The molecule has 0 aromatic heterocycles. The first kappa shape index (κ1) is 15.7. The van der Waals surface area contributed by atoms with E-state index in [2.05, 4.69) is 5.43 Å². The third kappa shape index (κ3) is 2.84. The van der Waals surface area contributed by atoms with E-state index in [4.69, 9.17) is 11.6 Å². The standard InChI is InChI=1S/C16H10ClN3O4/c17-11-5-7-12(8-6-11)19-16(22)13(15(21)18-19)9-10-3-1-2-4-14(10)20(23)24/h1-9H,(H,18,21)/b13-9-. The van der Waals surface area contributed by atoms with Gasteiger partial charge >= 0.3 is 0 Å². The molecule has 0 atom stereocenters. The first-order valence-electron chi connectivity index (χ1n) is 6.83. The minimum Gasteiger partial charge on any atom is -0.267 e. The van der Waals surface area contributed by atoms with Crippen LogP contribution < -0.4 is 10.4 Å². The topological polar surface area (TPSA) is 92.6 Å². The first-order chi connectivity index (χ1) is 11.5. The van der Waals surface area contributed by atoms with Crippen molar-refractivity contribution >= 4 is 40.9 Å². The van der Waals surface area contributed by atoms with Crippen LogP contribution >= 0.6 is 11.6 Å².